The molecule has 1 aromatic heterocycles. The van der Waals surface area contributed by atoms with Crippen LogP contribution in [0.5, 0.6) is 0 Å². The molecule has 1 heterocycles. The van der Waals surface area contributed by atoms with Crippen molar-refractivity contribution in [1.29, 1.82) is 0 Å². The normalized spacial score (nSPS) is 12.7. The third-order valence-corrected chi connectivity index (χ3v) is 3.15. The first-order chi connectivity index (χ1) is 8.65. The zero-order chi connectivity index (χ0) is 13.4. The van der Waals surface area contributed by atoms with Crippen LogP contribution in [0.3, 0.4) is 0 Å². The van der Waals surface area contributed by atoms with Gasteiger partial charge in [-0.3, -0.25) is 0 Å². The fourth-order valence-electron chi connectivity index (χ4n) is 2.01. The second-order valence-electron chi connectivity index (χ2n) is 4.58. The van der Waals surface area contributed by atoms with Crippen molar-refractivity contribution in [1.82, 2.24) is 9.88 Å². The van der Waals surface area contributed by atoms with Crippen molar-refractivity contribution in [2.45, 2.75) is 39.7 Å². The van der Waals surface area contributed by atoms with Crippen molar-refractivity contribution in [2.75, 3.05) is 25.0 Å². The number of hydrogen-bond donors (Lipinski definition) is 1. The highest BCUT2D eigenvalue weighted by Crippen LogP contribution is 2.11. The first-order valence-electron chi connectivity index (χ1n) is 6.76. The third kappa shape index (κ3) is 5.45. The highest BCUT2D eigenvalue weighted by atomic mass is 19.1. The largest absolute Gasteiger partial charge is 0.382 e. The minimum atomic E-state index is -0.435. The highest BCUT2D eigenvalue weighted by Gasteiger charge is 2.04. The van der Waals surface area contributed by atoms with E-state index in [2.05, 4.69) is 36.0 Å². The molecule has 0 radical (unpaired) electrons. The molecule has 0 bridgehead atoms. The summed E-state index contributed by atoms with van der Waals surface area (Å²) in [5, 5.41) is 3.29. The van der Waals surface area contributed by atoms with Crippen LogP contribution in [0, 0.1) is 5.95 Å². The van der Waals surface area contributed by atoms with E-state index in [-0.39, 0.29) is 0 Å². The monoisotopic (exact) mass is 253 g/mol. The second-order valence-corrected chi connectivity index (χ2v) is 4.58. The minimum absolute atomic E-state index is 0.349. The first kappa shape index (κ1) is 14.9. The smallest absolute Gasteiger partial charge is 0.214 e. The highest BCUT2D eigenvalue weighted by molar-refractivity contribution is 5.41. The molecule has 1 N–H and O–H groups in total. The number of hydrogen-bond acceptors (Lipinski definition) is 3. The van der Waals surface area contributed by atoms with Crippen molar-refractivity contribution in [2.24, 2.45) is 0 Å². The molecule has 18 heavy (non-hydrogen) atoms. The Bertz CT molecular complexity index is 340. The summed E-state index contributed by atoms with van der Waals surface area (Å²) in [6.07, 6.45) is 3.73. The summed E-state index contributed by atoms with van der Waals surface area (Å²) in [5.41, 5.74) is 0.804. The Kier molecular flexibility index (Phi) is 6.65. The average Bonchev–Trinajstić information content (AvgIpc) is 2.34. The van der Waals surface area contributed by atoms with E-state index in [9.17, 15) is 4.39 Å². The number of pyridine rings is 1. The maximum Gasteiger partial charge on any atom is 0.214 e. The lowest BCUT2D eigenvalue weighted by atomic mass is 10.1. The van der Waals surface area contributed by atoms with E-state index < -0.39 is 5.95 Å². The van der Waals surface area contributed by atoms with Gasteiger partial charge in [-0.25, -0.2) is 4.98 Å². The first-order valence-corrected chi connectivity index (χ1v) is 6.76. The van der Waals surface area contributed by atoms with Crippen LogP contribution in [0.15, 0.2) is 18.3 Å². The van der Waals surface area contributed by atoms with Gasteiger partial charge in [0.2, 0.25) is 5.95 Å². The van der Waals surface area contributed by atoms with Gasteiger partial charge in [0.15, 0.2) is 0 Å². The van der Waals surface area contributed by atoms with Gasteiger partial charge < -0.3 is 10.2 Å². The number of rotatable bonds is 8. The molecule has 1 rings (SSSR count). The Morgan fingerprint density at radius 3 is 2.72 bits per heavy atom. The van der Waals surface area contributed by atoms with Crippen LogP contribution in [0.25, 0.3) is 0 Å². The summed E-state index contributed by atoms with van der Waals surface area (Å²) in [7, 11) is 0. The van der Waals surface area contributed by atoms with Gasteiger partial charge in [-0.15, -0.1) is 0 Å². The van der Waals surface area contributed by atoms with E-state index in [0.29, 0.717) is 6.04 Å². The molecule has 1 atom stereocenters. The second kappa shape index (κ2) is 8.03. The molecule has 0 aliphatic rings. The molecule has 0 saturated heterocycles. The summed E-state index contributed by atoms with van der Waals surface area (Å²) >= 11 is 0. The molecule has 0 aliphatic heterocycles. The van der Waals surface area contributed by atoms with E-state index in [4.69, 9.17) is 0 Å². The summed E-state index contributed by atoms with van der Waals surface area (Å²) in [5.74, 6) is -0.435. The Labute approximate surface area is 109 Å². The van der Waals surface area contributed by atoms with Crippen LogP contribution in [-0.4, -0.2) is 35.6 Å². The number of aromatic nitrogens is 1. The topological polar surface area (TPSA) is 28.2 Å². The number of nitrogens with one attached hydrogen (secondary N) is 1. The summed E-state index contributed by atoms with van der Waals surface area (Å²) in [4.78, 5) is 5.96. The summed E-state index contributed by atoms with van der Waals surface area (Å²) in [6, 6.07) is 3.58. The quantitative estimate of drug-likeness (QED) is 0.721. The van der Waals surface area contributed by atoms with Crippen LogP contribution in [-0.2, 0) is 0 Å². The van der Waals surface area contributed by atoms with E-state index in [0.717, 1.165) is 38.2 Å². The SMILES string of the molecule is CCN(CC)CCCC(C)Nc1ccnc(F)c1. The van der Waals surface area contributed by atoms with Gasteiger partial charge in [-0.05, 0) is 45.5 Å². The summed E-state index contributed by atoms with van der Waals surface area (Å²) < 4.78 is 12.9. The van der Waals surface area contributed by atoms with Crippen LogP contribution in [0.2, 0.25) is 0 Å². The molecule has 0 aromatic carbocycles. The molecular weight excluding hydrogens is 229 g/mol. The van der Waals surface area contributed by atoms with Crippen LogP contribution in [0.4, 0.5) is 10.1 Å². The fourth-order valence-corrected chi connectivity index (χ4v) is 2.01. The average molecular weight is 253 g/mol. The standard InChI is InChI=1S/C14H24FN3/c1-4-18(5-2)10-6-7-12(3)17-13-8-9-16-14(15)11-13/h8-9,11-12H,4-7,10H2,1-3H3,(H,16,17). The zero-order valence-corrected chi connectivity index (χ0v) is 11.6. The predicted molar refractivity (Wildman–Crippen MR) is 74.3 cm³/mol. The van der Waals surface area contributed by atoms with Crippen molar-refractivity contribution in [3.8, 4) is 0 Å². The van der Waals surface area contributed by atoms with Crippen molar-refractivity contribution < 1.29 is 4.39 Å². The number of halogens is 1. The van der Waals surface area contributed by atoms with Gasteiger partial charge in [0.1, 0.15) is 0 Å². The minimum Gasteiger partial charge on any atom is -0.382 e. The van der Waals surface area contributed by atoms with Crippen molar-refractivity contribution in [3.63, 3.8) is 0 Å². The molecule has 3 nitrogen and oxygen atoms in total. The number of nitrogens with zero attached hydrogens (tertiary/aromatic N) is 2. The van der Waals surface area contributed by atoms with Gasteiger partial charge >= 0.3 is 0 Å². The van der Waals surface area contributed by atoms with E-state index >= 15 is 0 Å². The lowest BCUT2D eigenvalue weighted by Gasteiger charge is -2.20. The lowest BCUT2D eigenvalue weighted by Crippen LogP contribution is -2.25. The van der Waals surface area contributed by atoms with Gasteiger partial charge in [-0.2, -0.15) is 4.39 Å². The number of anilines is 1. The van der Waals surface area contributed by atoms with Crippen LogP contribution < -0.4 is 5.32 Å². The molecule has 0 amide bonds. The van der Waals surface area contributed by atoms with E-state index in [1.54, 1.807) is 6.07 Å². The summed E-state index contributed by atoms with van der Waals surface area (Å²) in [6.45, 7) is 9.84. The van der Waals surface area contributed by atoms with Gasteiger partial charge in [0, 0.05) is 24.0 Å². The molecule has 0 spiro atoms. The Hall–Kier alpha value is -1.16. The van der Waals surface area contributed by atoms with Crippen molar-refractivity contribution in [3.05, 3.63) is 24.3 Å². The van der Waals surface area contributed by atoms with E-state index in [1.165, 1.54) is 12.3 Å². The Morgan fingerprint density at radius 2 is 2.11 bits per heavy atom. The molecule has 0 saturated carbocycles. The van der Waals surface area contributed by atoms with Gasteiger partial charge in [0.25, 0.3) is 0 Å². The maximum absolute atomic E-state index is 12.9. The molecule has 4 heteroatoms. The third-order valence-electron chi connectivity index (χ3n) is 3.15. The van der Waals surface area contributed by atoms with Crippen LogP contribution in [0.1, 0.15) is 33.6 Å². The molecule has 0 aliphatic carbocycles. The Balaban J connectivity index is 2.27. The Morgan fingerprint density at radius 1 is 1.39 bits per heavy atom. The molecule has 1 aromatic rings. The zero-order valence-electron chi connectivity index (χ0n) is 11.6. The molecule has 102 valence electrons. The van der Waals surface area contributed by atoms with Crippen molar-refractivity contribution >= 4 is 5.69 Å². The van der Waals surface area contributed by atoms with E-state index in [1.807, 2.05) is 0 Å². The molecule has 1 unspecified atom stereocenters. The molecular formula is C14H24FN3. The van der Waals surface area contributed by atoms with Crippen LogP contribution >= 0.6 is 0 Å². The van der Waals surface area contributed by atoms with Gasteiger partial charge in [0.05, 0.1) is 0 Å². The molecule has 0 fully saturated rings. The maximum atomic E-state index is 12.9. The van der Waals surface area contributed by atoms with Gasteiger partial charge in [-0.1, -0.05) is 13.8 Å². The predicted octanol–water partition coefficient (Wildman–Crippen LogP) is 3.14. The fraction of sp³-hybridized carbons (Fsp3) is 0.643. The lowest BCUT2D eigenvalue weighted by molar-refractivity contribution is 0.295.